The van der Waals surface area contributed by atoms with Gasteiger partial charge in [-0.25, -0.2) is 4.39 Å². The van der Waals surface area contributed by atoms with Gasteiger partial charge in [0.15, 0.2) is 16.2 Å². The minimum absolute atomic E-state index is 0.0167. The van der Waals surface area contributed by atoms with Crippen molar-refractivity contribution in [1.29, 1.82) is 0 Å². The van der Waals surface area contributed by atoms with Crippen LogP contribution >= 0.6 is 15.9 Å². The highest BCUT2D eigenvalue weighted by atomic mass is 79.9. The largest absolute Gasteiger partial charge is 0.489 e. The summed E-state index contributed by atoms with van der Waals surface area (Å²) >= 11 is 3.25. The van der Waals surface area contributed by atoms with Gasteiger partial charge in [0.25, 0.3) is 0 Å². The Kier molecular flexibility index (Phi) is 2.24. The molecule has 0 bridgehead atoms. The lowest BCUT2D eigenvalue weighted by Gasteiger charge is -2.07. The number of fused-ring (bicyclic) bond motifs is 1. The first-order chi connectivity index (χ1) is 7.74. The third-order valence-corrected chi connectivity index (χ3v) is 3.06. The van der Waals surface area contributed by atoms with E-state index in [2.05, 4.69) is 15.9 Å². The zero-order valence-corrected chi connectivity index (χ0v) is 9.83. The number of hydrogen-bond acceptors (Lipinski definition) is 2. The molecule has 3 rings (SSSR count). The number of hydrogen-bond donors (Lipinski definition) is 0. The van der Waals surface area contributed by atoms with Gasteiger partial charge in [0, 0.05) is 6.07 Å². The summed E-state index contributed by atoms with van der Waals surface area (Å²) in [4.78, 5) is 0. The highest BCUT2D eigenvalue weighted by molar-refractivity contribution is 9.10. The van der Waals surface area contributed by atoms with Crippen molar-refractivity contribution < 1.29 is 13.5 Å². The Hall–Kier alpha value is -1.29. The maximum atomic E-state index is 13.1. The van der Waals surface area contributed by atoms with Crippen LogP contribution in [-0.2, 0) is 0 Å². The Labute approximate surface area is 100 Å². The maximum Gasteiger partial charge on any atom is 0.173 e. The molecule has 2 aromatic rings. The molecule has 1 aromatic carbocycles. The van der Waals surface area contributed by atoms with E-state index in [1.54, 1.807) is 12.1 Å². The lowest BCUT2D eigenvalue weighted by molar-refractivity contribution is 0.339. The van der Waals surface area contributed by atoms with Gasteiger partial charge in [-0.15, -0.1) is 0 Å². The van der Waals surface area contributed by atoms with Crippen LogP contribution in [0.15, 0.2) is 39.4 Å². The zero-order chi connectivity index (χ0) is 11.1. The molecule has 1 aliphatic heterocycles. The second-order valence-electron chi connectivity index (χ2n) is 3.70. The summed E-state index contributed by atoms with van der Waals surface area (Å²) in [5.41, 5.74) is 0.876. The maximum absolute atomic E-state index is 13.1. The van der Waals surface area contributed by atoms with Gasteiger partial charge in [-0.1, -0.05) is 12.1 Å². The first-order valence-corrected chi connectivity index (χ1v) is 5.71. The molecule has 1 unspecified atom stereocenters. The van der Waals surface area contributed by atoms with Crippen LogP contribution in [0, 0.1) is 5.82 Å². The molecule has 16 heavy (non-hydrogen) atoms. The van der Waals surface area contributed by atoms with Crippen molar-refractivity contribution in [2.75, 3.05) is 6.61 Å². The standard InChI is InChI=1S/C12H8BrFO2/c13-11-5-10-12(16-11)9(6-15-10)7-2-1-3-8(14)4-7/h1-5,9H,6H2. The number of ether oxygens (including phenoxy) is 1. The molecule has 1 aliphatic rings. The summed E-state index contributed by atoms with van der Waals surface area (Å²) < 4.78 is 24.7. The second kappa shape index (κ2) is 3.63. The fraction of sp³-hybridized carbons (Fsp3) is 0.167. The van der Waals surface area contributed by atoms with E-state index in [4.69, 9.17) is 9.15 Å². The van der Waals surface area contributed by atoms with Gasteiger partial charge in [0.2, 0.25) is 0 Å². The van der Waals surface area contributed by atoms with Gasteiger partial charge in [-0.05, 0) is 33.6 Å². The van der Waals surface area contributed by atoms with Crippen molar-refractivity contribution in [3.63, 3.8) is 0 Å². The van der Waals surface area contributed by atoms with Crippen molar-refractivity contribution in [2.45, 2.75) is 5.92 Å². The number of halogens is 2. The normalized spacial score (nSPS) is 18.2. The van der Waals surface area contributed by atoms with E-state index in [0.29, 0.717) is 11.3 Å². The fourth-order valence-electron chi connectivity index (χ4n) is 1.93. The predicted molar refractivity (Wildman–Crippen MR) is 60.1 cm³/mol. The van der Waals surface area contributed by atoms with Gasteiger partial charge >= 0.3 is 0 Å². The molecule has 1 aromatic heterocycles. The molecule has 2 heterocycles. The average molecular weight is 283 g/mol. The van der Waals surface area contributed by atoms with Crippen LogP contribution < -0.4 is 4.74 Å². The average Bonchev–Trinajstić information content (AvgIpc) is 2.76. The van der Waals surface area contributed by atoms with E-state index in [1.807, 2.05) is 6.07 Å². The number of benzene rings is 1. The molecule has 0 fully saturated rings. The summed E-state index contributed by atoms with van der Waals surface area (Å²) in [6.07, 6.45) is 0. The Balaban J connectivity index is 2.03. The van der Waals surface area contributed by atoms with Crippen LogP contribution in [0.25, 0.3) is 0 Å². The van der Waals surface area contributed by atoms with Crippen LogP contribution in [0.2, 0.25) is 0 Å². The topological polar surface area (TPSA) is 22.4 Å². The molecular formula is C12H8BrFO2. The van der Waals surface area contributed by atoms with Crippen molar-refractivity contribution in [3.8, 4) is 5.75 Å². The summed E-state index contributed by atoms with van der Waals surface area (Å²) in [5, 5.41) is 0. The van der Waals surface area contributed by atoms with Gasteiger partial charge in [0.1, 0.15) is 12.4 Å². The van der Waals surface area contributed by atoms with Crippen LogP contribution in [0.5, 0.6) is 5.75 Å². The van der Waals surface area contributed by atoms with E-state index in [9.17, 15) is 4.39 Å². The van der Waals surface area contributed by atoms with Crippen LogP contribution in [0.3, 0.4) is 0 Å². The molecule has 4 heteroatoms. The van der Waals surface area contributed by atoms with Crippen LogP contribution in [-0.4, -0.2) is 6.61 Å². The second-order valence-corrected chi connectivity index (χ2v) is 4.48. The van der Waals surface area contributed by atoms with Crippen molar-refractivity contribution in [1.82, 2.24) is 0 Å². The van der Waals surface area contributed by atoms with Crippen molar-refractivity contribution >= 4 is 15.9 Å². The molecule has 82 valence electrons. The zero-order valence-electron chi connectivity index (χ0n) is 8.24. The lowest BCUT2D eigenvalue weighted by Crippen LogP contribution is -2.02. The minimum atomic E-state index is -0.239. The molecule has 0 N–H and O–H groups in total. The van der Waals surface area contributed by atoms with Crippen molar-refractivity contribution in [2.24, 2.45) is 0 Å². The number of furan rings is 1. The van der Waals surface area contributed by atoms with Gasteiger partial charge in [-0.2, -0.15) is 0 Å². The Morgan fingerprint density at radius 1 is 1.31 bits per heavy atom. The van der Waals surface area contributed by atoms with Crippen LogP contribution in [0.1, 0.15) is 17.2 Å². The lowest BCUT2D eigenvalue weighted by atomic mass is 9.99. The van der Waals surface area contributed by atoms with E-state index >= 15 is 0 Å². The smallest absolute Gasteiger partial charge is 0.173 e. The SMILES string of the molecule is Fc1cccc(C2COc3cc(Br)oc32)c1. The molecule has 1 atom stereocenters. The third-order valence-electron chi connectivity index (χ3n) is 2.67. The molecule has 0 amide bonds. The first-order valence-electron chi connectivity index (χ1n) is 4.91. The van der Waals surface area contributed by atoms with Gasteiger partial charge < -0.3 is 9.15 Å². The Morgan fingerprint density at radius 2 is 2.19 bits per heavy atom. The Morgan fingerprint density at radius 3 is 3.00 bits per heavy atom. The molecule has 0 aliphatic carbocycles. The van der Waals surface area contributed by atoms with E-state index in [1.165, 1.54) is 12.1 Å². The quantitative estimate of drug-likeness (QED) is 0.796. The molecule has 0 saturated heterocycles. The van der Waals surface area contributed by atoms with Crippen LogP contribution in [0.4, 0.5) is 4.39 Å². The predicted octanol–water partition coefficient (Wildman–Crippen LogP) is 3.71. The van der Waals surface area contributed by atoms with E-state index in [0.717, 1.165) is 17.1 Å². The highest BCUT2D eigenvalue weighted by Gasteiger charge is 2.30. The molecule has 0 radical (unpaired) electrons. The van der Waals surface area contributed by atoms with E-state index < -0.39 is 0 Å². The summed E-state index contributed by atoms with van der Waals surface area (Å²) in [6.45, 7) is 0.505. The Bertz CT molecular complexity index is 536. The summed E-state index contributed by atoms with van der Waals surface area (Å²) in [6, 6.07) is 8.30. The number of rotatable bonds is 1. The summed E-state index contributed by atoms with van der Waals surface area (Å²) in [5.74, 6) is 1.24. The van der Waals surface area contributed by atoms with Gasteiger partial charge in [-0.3, -0.25) is 0 Å². The molecule has 0 saturated carbocycles. The molecular weight excluding hydrogens is 275 g/mol. The van der Waals surface area contributed by atoms with E-state index in [-0.39, 0.29) is 11.7 Å². The monoisotopic (exact) mass is 282 g/mol. The third kappa shape index (κ3) is 1.53. The highest BCUT2D eigenvalue weighted by Crippen LogP contribution is 2.41. The fourth-order valence-corrected chi connectivity index (χ4v) is 2.32. The summed E-state index contributed by atoms with van der Waals surface area (Å²) in [7, 11) is 0. The molecule has 0 spiro atoms. The first kappa shape index (κ1) is 9.90. The van der Waals surface area contributed by atoms with Gasteiger partial charge in [0.05, 0.1) is 5.92 Å². The minimum Gasteiger partial charge on any atom is -0.489 e. The molecule has 2 nitrogen and oxygen atoms in total. The van der Waals surface area contributed by atoms with Crippen molar-refractivity contribution in [3.05, 3.63) is 52.1 Å².